The van der Waals surface area contributed by atoms with Crippen LogP contribution in [0.5, 0.6) is 0 Å². The van der Waals surface area contributed by atoms with Crippen molar-refractivity contribution in [3.8, 4) is 0 Å². The molecule has 3 heteroatoms. The van der Waals surface area contributed by atoms with Crippen molar-refractivity contribution in [2.75, 3.05) is 6.61 Å². The van der Waals surface area contributed by atoms with Crippen molar-refractivity contribution in [1.82, 2.24) is 0 Å². The van der Waals surface area contributed by atoms with Gasteiger partial charge in [-0.15, -0.1) is 0 Å². The normalized spacial score (nSPS) is 10.5. The van der Waals surface area contributed by atoms with E-state index in [1.165, 1.54) is 0 Å². The van der Waals surface area contributed by atoms with Gasteiger partial charge in [0.2, 0.25) is 0 Å². The Morgan fingerprint density at radius 2 is 2.12 bits per heavy atom. The van der Waals surface area contributed by atoms with Gasteiger partial charge in [-0.3, -0.25) is 0 Å². The van der Waals surface area contributed by atoms with E-state index in [1.54, 1.807) is 19.1 Å². The lowest BCUT2D eigenvalue weighted by Crippen LogP contribution is -2.06. The van der Waals surface area contributed by atoms with Gasteiger partial charge in [0.05, 0.1) is 24.9 Å². The molecule has 0 amide bonds. The molecule has 0 bridgehead atoms. The van der Waals surface area contributed by atoms with Crippen molar-refractivity contribution >= 4 is 5.97 Å². The second-order valence-corrected chi connectivity index (χ2v) is 3.78. The number of hydrogen-bond acceptors (Lipinski definition) is 3. The maximum atomic E-state index is 11.5. The van der Waals surface area contributed by atoms with Crippen LogP contribution in [0, 0.1) is 0 Å². The zero-order chi connectivity index (χ0) is 12.0. The summed E-state index contributed by atoms with van der Waals surface area (Å²) in [5, 5.41) is 0. The highest BCUT2D eigenvalue weighted by molar-refractivity contribution is 5.89. The quantitative estimate of drug-likeness (QED) is 0.719. The van der Waals surface area contributed by atoms with Crippen molar-refractivity contribution in [1.29, 1.82) is 0 Å². The minimum atomic E-state index is -0.283. The molecule has 0 aliphatic rings. The number of hydrogen-bond donors (Lipinski definition) is 0. The molecule has 1 aromatic carbocycles. The summed E-state index contributed by atoms with van der Waals surface area (Å²) in [6, 6.07) is 7.33. The number of benzene rings is 1. The first kappa shape index (κ1) is 12.7. The maximum absolute atomic E-state index is 11.5. The van der Waals surface area contributed by atoms with E-state index in [2.05, 4.69) is 0 Å². The molecule has 0 N–H and O–H groups in total. The van der Waals surface area contributed by atoms with E-state index in [0.29, 0.717) is 18.8 Å². The van der Waals surface area contributed by atoms with Crippen LogP contribution in [0.3, 0.4) is 0 Å². The van der Waals surface area contributed by atoms with Crippen molar-refractivity contribution in [2.24, 2.45) is 0 Å². The predicted molar refractivity (Wildman–Crippen MR) is 62.3 cm³/mol. The molecule has 0 saturated heterocycles. The molecule has 3 nitrogen and oxygen atoms in total. The fourth-order valence-corrected chi connectivity index (χ4v) is 1.27. The van der Waals surface area contributed by atoms with E-state index < -0.39 is 0 Å². The Hall–Kier alpha value is -1.35. The Balaban J connectivity index is 2.67. The molecule has 0 aromatic heterocycles. The van der Waals surface area contributed by atoms with Crippen LogP contribution in [0.4, 0.5) is 0 Å². The molecule has 1 rings (SSSR count). The van der Waals surface area contributed by atoms with E-state index in [0.717, 1.165) is 5.56 Å². The third-order valence-electron chi connectivity index (χ3n) is 2.02. The van der Waals surface area contributed by atoms with Gasteiger partial charge in [0.1, 0.15) is 0 Å². The van der Waals surface area contributed by atoms with Crippen molar-refractivity contribution in [3.63, 3.8) is 0 Å². The molecule has 0 unspecified atom stereocenters. The summed E-state index contributed by atoms with van der Waals surface area (Å²) >= 11 is 0. The molecule has 0 fully saturated rings. The smallest absolute Gasteiger partial charge is 0.338 e. The molecule has 0 heterocycles. The fourth-order valence-electron chi connectivity index (χ4n) is 1.27. The van der Waals surface area contributed by atoms with Gasteiger partial charge in [0, 0.05) is 0 Å². The van der Waals surface area contributed by atoms with Crippen LogP contribution in [-0.4, -0.2) is 18.7 Å². The summed E-state index contributed by atoms with van der Waals surface area (Å²) in [5.41, 5.74) is 1.56. The molecular formula is C13H18O3. The average Bonchev–Trinajstić information content (AvgIpc) is 2.27. The summed E-state index contributed by atoms with van der Waals surface area (Å²) in [4.78, 5) is 11.5. The zero-order valence-corrected chi connectivity index (χ0v) is 10.0. The molecule has 0 spiro atoms. The lowest BCUT2D eigenvalue weighted by Gasteiger charge is -2.08. The standard InChI is InChI=1S/C13H18O3/c1-4-15-13(14)12-7-5-6-11(8-12)9-16-10(2)3/h5-8,10H,4,9H2,1-3H3. The summed E-state index contributed by atoms with van der Waals surface area (Å²) in [5.74, 6) is -0.283. The van der Waals surface area contributed by atoms with Gasteiger partial charge in [-0.25, -0.2) is 4.79 Å². The van der Waals surface area contributed by atoms with Crippen LogP contribution in [0.1, 0.15) is 36.7 Å². The monoisotopic (exact) mass is 222 g/mol. The van der Waals surface area contributed by atoms with Crippen LogP contribution in [-0.2, 0) is 16.1 Å². The first-order valence-corrected chi connectivity index (χ1v) is 5.51. The molecule has 88 valence electrons. The Kier molecular flexibility index (Phi) is 4.99. The van der Waals surface area contributed by atoms with Gasteiger partial charge in [-0.05, 0) is 38.5 Å². The molecule has 0 saturated carbocycles. The first-order chi connectivity index (χ1) is 7.63. The minimum absolute atomic E-state index is 0.186. The fraction of sp³-hybridized carbons (Fsp3) is 0.462. The Morgan fingerprint density at radius 3 is 2.75 bits per heavy atom. The van der Waals surface area contributed by atoms with Gasteiger partial charge in [-0.1, -0.05) is 12.1 Å². The Labute approximate surface area is 96.4 Å². The topological polar surface area (TPSA) is 35.5 Å². The van der Waals surface area contributed by atoms with E-state index >= 15 is 0 Å². The largest absolute Gasteiger partial charge is 0.462 e. The zero-order valence-electron chi connectivity index (χ0n) is 10.0. The van der Waals surface area contributed by atoms with Crippen LogP contribution in [0.2, 0.25) is 0 Å². The van der Waals surface area contributed by atoms with Gasteiger partial charge in [0.15, 0.2) is 0 Å². The molecule has 0 radical (unpaired) electrons. The Morgan fingerprint density at radius 1 is 1.38 bits per heavy atom. The van der Waals surface area contributed by atoms with E-state index in [1.807, 2.05) is 26.0 Å². The Bertz CT molecular complexity index is 345. The van der Waals surface area contributed by atoms with Crippen molar-refractivity contribution in [2.45, 2.75) is 33.5 Å². The average molecular weight is 222 g/mol. The summed E-state index contributed by atoms with van der Waals surface area (Å²) < 4.78 is 10.4. The third kappa shape index (κ3) is 4.03. The highest BCUT2D eigenvalue weighted by Gasteiger charge is 2.06. The summed E-state index contributed by atoms with van der Waals surface area (Å²) in [6.07, 6.45) is 0.186. The molecule has 16 heavy (non-hydrogen) atoms. The number of carbonyl (C=O) groups excluding carboxylic acids is 1. The van der Waals surface area contributed by atoms with Crippen LogP contribution in [0.25, 0.3) is 0 Å². The SMILES string of the molecule is CCOC(=O)c1cccc(COC(C)C)c1. The number of ether oxygens (including phenoxy) is 2. The second kappa shape index (κ2) is 6.28. The van der Waals surface area contributed by atoms with Gasteiger partial charge in [0.25, 0.3) is 0 Å². The van der Waals surface area contributed by atoms with Crippen LogP contribution in [0.15, 0.2) is 24.3 Å². The summed E-state index contributed by atoms with van der Waals surface area (Å²) in [7, 11) is 0. The minimum Gasteiger partial charge on any atom is -0.462 e. The second-order valence-electron chi connectivity index (χ2n) is 3.78. The predicted octanol–water partition coefficient (Wildman–Crippen LogP) is 2.79. The number of esters is 1. The molecular weight excluding hydrogens is 204 g/mol. The molecule has 1 aromatic rings. The van der Waals surface area contributed by atoms with Gasteiger partial charge in [-0.2, -0.15) is 0 Å². The van der Waals surface area contributed by atoms with E-state index in [9.17, 15) is 4.79 Å². The highest BCUT2D eigenvalue weighted by atomic mass is 16.5. The van der Waals surface area contributed by atoms with Crippen LogP contribution >= 0.6 is 0 Å². The molecule has 0 atom stereocenters. The number of rotatable bonds is 5. The van der Waals surface area contributed by atoms with E-state index in [-0.39, 0.29) is 12.1 Å². The molecule has 0 aliphatic heterocycles. The van der Waals surface area contributed by atoms with Crippen LogP contribution < -0.4 is 0 Å². The van der Waals surface area contributed by atoms with Crippen molar-refractivity contribution < 1.29 is 14.3 Å². The first-order valence-electron chi connectivity index (χ1n) is 5.51. The lowest BCUT2D eigenvalue weighted by molar-refractivity contribution is 0.0524. The van der Waals surface area contributed by atoms with Crippen molar-refractivity contribution in [3.05, 3.63) is 35.4 Å². The third-order valence-corrected chi connectivity index (χ3v) is 2.02. The highest BCUT2D eigenvalue weighted by Crippen LogP contribution is 2.09. The number of carbonyl (C=O) groups is 1. The van der Waals surface area contributed by atoms with Gasteiger partial charge >= 0.3 is 5.97 Å². The maximum Gasteiger partial charge on any atom is 0.338 e. The van der Waals surface area contributed by atoms with Gasteiger partial charge < -0.3 is 9.47 Å². The summed E-state index contributed by atoms with van der Waals surface area (Å²) in [6.45, 7) is 6.67. The molecule has 0 aliphatic carbocycles. The van der Waals surface area contributed by atoms with E-state index in [4.69, 9.17) is 9.47 Å². The lowest BCUT2D eigenvalue weighted by atomic mass is 10.1.